The monoisotopic (exact) mass is 289 g/mol. The second kappa shape index (κ2) is 5.45. The molecule has 2 aliphatic heterocycles. The standard InChI is InChI=1S/C14H15N3O4/c15-7-12-8-17(14(19)21-12)11-3-1-10(2-4-11)16-5-6-20-9-13(16)18/h1-4,7H,5-6,8-9,15H2/b12-7-. The van der Waals surface area contributed by atoms with Gasteiger partial charge < -0.3 is 20.1 Å². The number of carbonyl (C=O) groups is 2. The molecule has 2 saturated heterocycles. The third-order valence-electron chi connectivity index (χ3n) is 3.40. The van der Waals surface area contributed by atoms with Gasteiger partial charge in [0.15, 0.2) is 0 Å². The van der Waals surface area contributed by atoms with Crippen LogP contribution in [-0.2, 0) is 14.3 Å². The van der Waals surface area contributed by atoms with E-state index in [1.165, 1.54) is 11.1 Å². The van der Waals surface area contributed by atoms with Crippen LogP contribution in [0.1, 0.15) is 0 Å². The average Bonchev–Trinajstić information content (AvgIpc) is 2.89. The zero-order chi connectivity index (χ0) is 14.8. The van der Waals surface area contributed by atoms with Crippen LogP contribution in [-0.4, -0.2) is 38.3 Å². The number of nitrogens with two attached hydrogens (primary N) is 1. The van der Waals surface area contributed by atoms with Gasteiger partial charge in [-0.05, 0) is 24.3 Å². The Balaban J connectivity index is 1.78. The Morgan fingerprint density at radius 1 is 1.10 bits per heavy atom. The highest BCUT2D eigenvalue weighted by molar-refractivity contribution is 5.96. The summed E-state index contributed by atoms with van der Waals surface area (Å²) in [7, 11) is 0. The van der Waals surface area contributed by atoms with Gasteiger partial charge in [0.05, 0.1) is 13.2 Å². The van der Waals surface area contributed by atoms with Crippen molar-refractivity contribution in [1.29, 1.82) is 0 Å². The molecular weight excluding hydrogens is 274 g/mol. The quantitative estimate of drug-likeness (QED) is 0.870. The topological polar surface area (TPSA) is 85.1 Å². The first-order chi connectivity index (χ1) is 10.2. The summed E-state index contributed by atoms with van der Waals surface area (Å²) in [5.74, 6) is 0.357. The number of amides is 2. The zero-order valence-electron chi connectivity index (χ0n) is 11.3. The van der Waals surface area contributed by atoms with Gasteiger partial charge in [0, 0.05) is 24.1 Å². The minimum atomic E-state index is -0.457. The third-order valence-corrected chi connectivity index (χ3v) is 3.40. The van der Waals surface area contributed by atoms with E-state index in [0.29, 0.717) is 31.1 Å². The highest BCUT2D eigenvalue weighted by Gasteiger charge is 2.28. The van der Waals surface area contributed by atoms with Crippen molar-refractivity contribution in [2.24, 2.45) is 5.73 Å². The second-order valence-corrected chi connectivity index (χ2v) is 4.70. The smallest absolute Gasteiger partial charge is 0.411 e. The highest BCUT2D eigenvalue weighted by Crippen LogP contribution is 2.26. The molecule has 2 fully saturated rings. The van der Waals surface area contributed by atoms with Crippen LogP contribution in [0.25, 0.3) is 0 Å². The molecule has 0 spiro atoms. The van der Waals surface area contributed by atoms with Crippen molar-refractivity contribution in [2.75, 3.05) is 36.1 Å². The van der Waals surface area contributed by atoms with Crippen LogP contribution in [0.3, 0.4) is 0 Å². The van der Waals surface area contributed by atoms with Crippen LogP contribution in [0.15, 0.2) is 36.2 Å². The molecule has 2 N–H and O–H groups in total. The minimum absolute atomic E-state index is 0.0667. The maximum Gasteiger partial charge on any atom is 0.419 e. The molecule has 2 heterocycles. The van der Waals surface area contributed by atoms with Gasteiger partial charge in [-0.1, -0.05) is 0 Å². The summed E-state index contributed by atoms with van der Waals surface area (Å²) in [6, 6.07) is 7.16. The number of ether oxygens (including phenoxy) is 2. The van der Waals surface area contributed by atoms with Gasteiger partial charge in [0.1, 0.15) is 12.4 Å². The van der Waals surface area contributed by atoms with Gasteiger partial charge in [-0.3, -0.25) is 9.69 Å². The minimum Gasteiger partial charge on any atom is -0.411 e. The Kier molecular flexibility index (Phi) is 3.49. The zero-order valence-corrected chi connectivity index (χ0v) is 11.3. The van der Waals surface area contributed by atoms with E-state index in [-0.39, 0.29) is 12.5 Å². The van der Waals surface area contributed by atoms with Gasteiger partial charge in [-0.25, -0.2) is 4.79 Å². The summed E-state index contributed by atoms with van der Waals surface area (Å²) in [5, 5.41) is 0. The molecule has 0 aromatic heterocycles. The fourth-order valence-corrected chi connectivity index (χ4v) is 2.31. The molecular formula is C14H15N3O4. The van der Waals surface area contributed by atoms with E-state index in [1.54, 1.807) is 29.2 Å². The van der Waals surface area contributed by atoms with Gasteiger partial charge in [0.25, 0.3) is 5.91 Å². The molecule has 3 rings (SSSR count). The van der Waals surface area contributed by atoms with Crippen molar-refractivity contribution in [2.45, 2.75) is 0 Å². The van der Waals surface area contributed by atoms with Crippen molar-refractivity contribution in [1.82, 2.24) is 0 Å². The summed E-state index contributed by atoms with van der Waals surface area (Å²) in [5.41, 5.74) is 6.83. The van der Waals surface area contributed by atoms with Crippen molar-refractivity contribution < 1.29 is 19.1 Å². The Labute approximate surface area is 121 Å². The van der Waals surface area contributed by atoms with E-state index in [2.05, 4.69) is 0 Å². The van der Waals surface area contributed by atoms with Crippen molar-refractivity contribution in [3.8, 4) is 0 Å². The average molecular weight is 289 g/mol. The molecule has 0 aliphatic carbocycles. The number of anilines is 2. The molecule has 0 atom stereocenters. The molecule has 0 bridgehead atoms. The number of rotatable bonds is 2. The lowest BCUT2D eigenvalue weighted by atomic mass is 10.2. The molecule has 0 radical (unpaired) electrons. The fourth-order valence-electron chi connectivity index (χ4n) is 2.31. The lowest BCUT2D eigenvalue weighted by Gasteiger charge is -2.27. The Bertz CT molecular complexity index is 597. The molecule has 21 heavy (non-hydrogen) atoms. The van der Waals surface area contributed by atoms with E-state index < -0.39 is 6.09 Å². The number of morpholine rings is 1. The third kappa shape index (κ3) is 2.55. The Morgan fingerprint density at radius 3 is 2.33 bits per heavy atom. The molecule has 1 aromatic carbocycles. The lowest BCUT2D eigenvalue weighted by molar-refractivity contribution is -0.125. The Morgan fingerprint density at radius 2 is 1.76 bits per heavy atom. The summed E-state index contributed by atoms with van der Waals surface area (Å²) in [4.78, 5) is 26.6. The second-order valence-electron chi connectivity index (χ2n) is 4.70. The predicted octanol–water partition coefficient (Wildman–Crippen LogP) is 0.806. The molecule has 0 unspecified atom stereocenters. The Hall–Kier alpha value is -2.54. The van der Waals surface area contributed by atoms with Gasteiger partial charge >= 0.3 is 6.09 Å². The van der Waals surface area contributed by atoms with E-state index in [1.807, 2.05) is 0 Å². The first-order valence-electron chi connectivity index (χ1n) is 6.57. The maximum absolute atomic E-state index is 11.8. The largest absolute Gasteiger partial charge is 0.419 e. The SMILES string of the molecule is N/C=C1/CN(c2ccc(N3CCOCC3=O)cc2)C(=O)O1. The molecule has 2 aliphatic rings. The summed E-state index contributed by atoms with van der Waals surface area (Å²) < 4.78 is 10.1. The lowest BCUT2D eigenvalue weighted by Crippen LogP contribution is -2.41. The van der Waals surface area contributed by atoms with Crippen molar-refractivity contribution in [3.05, 3.63) is 36.2 Å². The predicted molar refractivity (Wildman–Crippen MR) is 75.7 cm³/mol. The molecule has 0 saturated carbocycles. The molecule has 110 valence electrons. The molecule has 7 heteroatoms. The number of carbonyl (C=O) groups excluding carboxylic acids is 2. The first-order valence-corrected chi connectivity index (χ1v) is 6.57. The van der Waals surface area contributed by atoms with Crippen LogP contribution in [0, 0.1) is 0 Å². The highest BCUT2D eigenvalue weighted by atomic mass is 16.6. The van der Waals surface area contributed by atoms with Crippen LogP contribution in [0.2, 0.25) is 0 Å². The summed E-state index contributed by atoms with van der Waals surface area (Å²) >= 11 is 0. The normalized spacial score (nSPS) is 21.0. The van der Waals surface area contributed by atoms with E-state index in [0.717, 1.165) is 5.69 Å². The van der Waals surface area contributed by atoms with Gasteiger partial charge in [-0.15, -0.1) is 0 Å². The number of hydrogen-bond acceptors (Lipinski definition) is 5. The van der Waals surface area contributed by atoms with Crippen LogP contribution in [0.4, 0.5) is 16.2 Å². The summed E-state index contributed by atoms with van der Waals surface area (Å²) in [6.45, 7) is 1.47. The number of hydrogen-bond donors (Lipinski definition) is 1. The van der Waals surface area contributed by atoms with E-state index >= 15 is 0 Å². The van der Waals surface area contributed by atoms with Crippen molar-refractivity contribution in [3.63, 3.8) is 0 Å². The van der Waals surface area contributed by atoms with Crippen LogP contribution in [0.5, 0.6) is 0 Å². The summed E-state index contributed by atoms with van der Waals surface area (Å²) in [6.07, 6.45) is 0.820. The van der Waals surface area contributed by atoms with Gasteiger partial charge in [0.2, 0.25) is 0 Å². The van der Waals surface area contributed by atoms with Crippen molar-refractivity contribution >= 4 is 23.4 Å². The molecule has 2 amide bonds. The maximum atomic E-state index is 11.8. The fraction of sp³-hybridized carbons (Fsp3) is 0.286. The van der Waals surface area contributed by atoms with Crippen LogP contribution >= 0.6 is 0 Å². The van der Waals surface area contributed by atoms with Crippen LogP contribution < -0.4 is 15.5 Å². The molecule has 7 nitrogen and oxygen atoms in total. The van der Waals surface area contributed by atoms with E-state index in [9.17, 15) is 9.59 Å². The first kappa shape index (κ1) is 13.4. The number of cyclic esters (lactones) is 1. The number of benzene rings is 1. The molecule has 1 aromatic rings. The van der Waals surface area contributed by atoms with Gasteiger partial charge in [-0.2, -0.15) is 0 Å². The van der Waals surface area contributed by atoms with E-state index in [4.69, 9.17) is 15.2 Å². The number of nitrogens with zero attached hydrogens (tertiary/aromatic N) is 2.